The normalized spacial score (nSPS) is 10.4. The molecular weight excluding hydrogens is 188 g/mol. The highest BCUT2D eigenvalue weighted by Gasteiger charge is 2.17. The molecule has 0 saturated carbocycles. The average molecular weight is 210 g/mol. The summed E-state index contributed by atoms with van der Waals surface area (Å²) in [6.45, 7) is 10.7. The van der Waals surface area contributed by atoms with E-state index in [0.717, 1.165) is 0 Å². The second kappa shape index (κ2) is 6.13. The second-order valence-electron chi connectivity index (χ2n) is 3.58. The molecule has 0 amide bonds. The molecule has 0 aliphatic heterocycles. The molecule has 0 N–H and O–H groups in total. The monoisotopic (exact) mass is 210 g/mol. The summed E-state index contributed by atoms with van der Waals surface area (Å²) in [7, 11) is 0. The molecule has 1 aromatic rings. The topological polar surface area (TPSA) is 0 Å². The van der Waals surface area contributed by atoms with Crippen molar-refractivity contribution in [3.8, 4) is 0 Å². The highest BCUT2D eigenvalue weighted by atomic mass is 32.2. The SMILES string of the molecule is CC.CSC(C)(C)c1cccc(C)c1. The minimum Gasteiger partial charge on any atom is -0.154 e. The second-order valence-corrected chi connectivity index (χ2v) is 5.01. The van der Waals surface area contributed by atoms with Crippen molar-refractivity contribution in [3.63, 3.8) is 0 Å². The van der Waals surface area contributed by atoms with E-state index in [1.807, 2.05) is 25.6 Å². The van der Waals surface area contributed by atoms with Gasteiger partial charge in [-0.05, 0) is 32.6 Å². The van der Waals surface area contributed by atoms with E-state index < -0.39 is 0 Å². The van der Waals surface area contributed by atoms with E-state index in [0.29, 0.717) is 0 Å². The van der Waals surface area contributed by atoms with Crippen LogP contribution in [0.2, 0.25) is 0 Å². The van der Waals surface area contributed by atoms with Gasteiger partial charge >= 0.3 is 0 Å². The molecule has 0 saturated heterocycles. The summed E-state index contributed by atoms with van der Waals surface area (Å²) in [4.78, 5) is 0. The van der Waals surface area contributed by atoms with E-state index in [1.165, 1.54) is 11.1 Å². The Hall–Kier alpha value is -0.430. The summed E-state index contributed by atoms with van der Waals surface area (Å²) >= 11 is 1.89. The zero-order valence-electron chi connectivity index (χ0n) is 10.2. The summed E-state index contributed by atoms with van der Waals surface area (Å²) in [5.41, 5.74) is 2.75. The van der Waals surface area contributed by atoms with Crippen LogP contribution in [-0.4, -0.2) is 6.26 Å². The molecule has 0 nitrogen and oxygen atoms in total. The van der Waals surface area contributed by atoms with Crippen LogP contribution in [0, 0.1) is 6.92 Å². The number of hydrogen-bond acceptors (Lipinski definition) is 1. The lowest BCUT2D eigenvalue weighted by Crippen LogP contribution is -2.10. The first-order chi connectivity index (χ1) is 6.56. The molecule has 0 radical (unpaired) electrons. The van der Waals surface area contributed by atoms with E-state index in [-0.39, 0.29) is 4.75 Å². The average Bonchev–Trinajstić information content (AvgIpc) is 2.21. The van der Waals surface area contributed by atoms with Crippen LogP contribution >= 0.6 is 11.8 Å². The zero-order valence-corrected chi connectivity index (χ0v) is 11.0. The van der Waals surface area contributed by atoms with Crippen molar-refractivity contribution >= 4 is 11.8 Å². The minimum absolute atomic E-state index is 0.242. The van der Waals surface area contributed by atoms with E-state index >= 15 is 0 Å². The third-order valence-corrected chi connectivity index (χ3v) is 3.48. The lowest BCUT2D eigenvalue weighted by atomic mass is 10.0. The van der Waals surface area contributed by atoms with Crippen molar-refractivity contribution < 1.29 is 0 Å². The zero-order chi connectivity index (χ0) is 11.2. The fourth-order valence-electron chi connectivity index (χ4n) is 1.14. The number of aryl methyl sites for hydroxylation is 1. The Morgan fingerprint density at radius 2 is 1.71 bits per heavy atom. The van der Waals surface area contributed by atoms with Gasteiger partial charge in [0.15, 0.2) is 0 Å². The van der Waals surface area contributed by atoms with Gasteiger partial charge in [0.1, 0.15) is 0 Å². The largest absolute Gasteiger partial charge is 0.154 e. The Balaban J connectivity index is 0.000000791. The first-order valence-corrected chi connectivity index (χ1v) is 6.41. The van der Waals surface area contributed by atoms with Crippen LogP contribution in [0.5, 0.6) is 0 Å². The molecular formula is C13H22S. The molecule has 1 heteroatoms. The van der Waals surface area contributed by atoms with Gasteiger partial charge in [0.05, 0.1) is 0 Å². The van der Waals surface area contributed by atoms with Crippen LogP contribution in [0.1, 0.15) is 38.8 Å². The van der Waals surface area contributed by atoms with Gasteiger partial charge in [-0.15, -0.1) is 0 Å². The lowest BCUT2D eigenvalue weighted by Gasteiger charge is -2.22. The van der Waals surface area contributed by atoms with E-state index in [9.17, 15) is 0 Å². The van der Waals surface area contributed by atoms with E-state index in [2.05, 4.69) is 51.3 Å². The van der Waals surface area contributed by atoms with Gasteiger partial charge < -0.3 is 0 Å². The smallest absolute Gasteiger partial charge is 0.0349 e. The maximum atomic E-state index is 2.26. The Labute approximate surface area is 93.1 Å². The molecule has 0 bridgehead atoms. The molecule has 0 fully saturated rings. The van der Waals surface area contributed by atoms with E-state index in [1.54, 1.807) is 0 Å². The summed E-state index contributed by atoms with van der Waals surface area (Å²) < 4.78 is 0.242. The fraction of sp³-hybridized carbons (Fsp3) is 0.538. The maximum absolute atomic E-state index is 2.26. The summed E-state index contributed by atoms with van der Waals surface area (Å²) in [5, 5.41) is 0. The summed E-state index contributed by atoms with van der Waals surface area (Å²) in [5.74, 6) is 0. The van der Waals surface area contributed by atoms with Crippen molar-refractivity contribution in [2.45, 2.75) is 39.4 Å². The van der Waals surface area contributed by atoms with Gasteiger partial charge in [-0.1, -0.05) is 43.7 Å². The van der Waals surface area contributed by atoms with Crippen molar-refractivity contribution in [1.29, 1.82) is 0 Å². The highest BCUT2D eigenvalue weighted by Crippen LogP contribution is 2.33. The first kappa shape index (κ1) is 13.6. The molecule has 0 aliphatic rings. The summed E-state index contributed by atoms with van der Waals surface area (Å²) in [6, 6.07) is 8.72. The lowest BCUT2D eigenvalue weighted by molar-refractivity contribution is 0.784. The molecule has 0 heterocycles. The Bertz CT molecular complexity index is 264. The Morgan fingerprint density at radius 1 is 1.14 bits per heavy atom. The number of hydrogen-bond donors (Lipinski definition) is 0. The van der Waals surface area contributed by atoms with Gasteiger partial charge in [-0.25, -0.2) is 0 Å². The van der Waals surface area contributed by atoms with Gasteiger partial charge in [-0.2, -0.15) is 11.8 Å². The van der Waals surface area contributed by atoms with Crippen LogP contribution in [0.25, 0.3) is 0 Å². The molecule has 0 aliphatic carbocycles. The van der Waals surface area contributed by atoms with Crippen LogP contribution in [0.3, 0.4) is 0 Å². The van der Waals surface area contributed by atoms with Gasteiger partial charge in [0.25, 0.3) is 0 Å². The molecule has 14 heavy (non-hydrogen) atoms. The van der Waals surface area contributed by atoms with Crippen LogP contribution < -0.4 is 0 Å². The number of thioether (sulfide) groups is 1. The van der Waals surface area contributed by atoms with Crippen molar-refractivity contribution in [3.05, 3.63) is 35.4 Å². The quantitative estimate of drug-likeness (QED) is 0.686. The fourth-order valence-corrected chi connectivity index (χ4v) is 1.50. The molecule has 0 unspecified atom stereocenters. The predicted octanol–water partition coefficient (Wildman–Crippen LogP) is 4.62. The van der Waals surface area contributed by atoms with Crippen LogP contribution in [0.4, 0.5) is 0 Å². The first-order valence-electron chi connectivity index (χ1n) is 5.18. The van der Waals surface area contributed by atoms with Crippen molar-refractivity contribution in [1.82, 2.24) is 0 Å². The predicted molar refractivity (Wildman–Crippen MR) is 69.1 cm³/mol. The highest BCUT2D eigenvalue weighted by molar-refractivity contribution is 7.99. The van der Waals surface area contributed by atoms with Crippen LogP contribution in [-0.2, 0) is 4.75 Å². The minimum atomic E-state index is 0.242. The summed E-state index contributed by atoms with van der Waals surface area (Å²) in [6.07, 6.45) is 2.16. The molecule has 80 valence electrons. The standard InChI is InChI=1S/C11H16S.C2H6/c1-9-6-5-7-10(8-9)11(2,3)12-4;1-2/h5-8H,1-4H3;1-2H3. The van der Waals surface area contributed by atoms with Gasteiger partial charge in [0, 0.05) is 4.75 Å². The molecule has 0 aromatic heterocycles. The molecule has 1 aromatic carbocycles. The maximum Gasteiger partial charge on any atom is 0.0349 e. The number of benzene rings is 1. The molecule has 1 rings (SSSR count). The molecule has 0 spiro atoms. The third-order valence-electron chi connectivity index (χ3n) is 2.22. The molecule has 0 atom stereocenters. The third kappa shape index (κ3) is 3.75. The van der Waals surface area contributed by atoms with Crippen molar-refractivity contribution in [2.75, 3.05) is 6.26 Å². The number of rotatable bonds is 2. The Morgan fingerprint density at radius 3 is 2.14 bits per heavy atom. The van der Waals surface area contributed by atoms with Gasteiger partial charge in [0.2, 0.25) is 0 Å². The van der Waals surface area contributed by atoms with Crippen molar-refractivity contribution in [2.24, 2.45) is 0 Å². The van der Waals surface area contributed by atoms with Crippen LogP contribution in [0.15, 0.2) is 24.3 Å². The van der Waals surface area contributed by atoms with E-state index in [4.69, 9.17) is 0 Å². The Kier molecular flexibility index (Phi) is 5.94. The van der Waals surface area contributed by atoms with Gasteiger partial charge in [-0.3, -0.25) is 0 Å².